The molecule has 2 N–H and O–H groups in total. The third kappa shape index (κ3) is 4.15. The van der Waals surface area contributed by atoms with Crippen LogP contribution in [0, 0.1) is 0 Å². The van der Waals surface area contributed by atoms with Crippen LogP contribution < -0.4 is 10.6 Å². The smallest absolute Gasteiger partial charge is 0.193 e. The van der Waals surface area contributed by atoms with E-state index >= 15 is 0 Å². The van der Waals surface area contributed by atoms with Crippen molar-refractivity contribution in [3.05, 3.63) is 89.6 Å². The number of ketones is 1. The Hall–Kier alpha value is -1.95. The molecule has 138 valence electrons. The molecule has 1 fully saturated rings. The SMILES string of the molecule is NCC1CSC(C2=CN(c3cccc(C(=O)c4ccccc4)c3)CC=C2)S1. The first-order valence-corrected chi connectivity index (χ1v) is 11.1. The molecule has 1 saturated heterocycles. The number of benzene rings is 2. The Morgan fingerprint density at radius 3 is 2.70 bits per heavy atom. The van der Waals surface area contributed by atoms with Crippen LogP contribution in [0.15, 0.2) is 78.5 Å². The number of nitrogens with zero attached hydrogens (tertiary/aromatic N) is 1. The molecule has 0 radical (unpaired) electrons. The number of allylic oxidation sites excluding steroid dienone is 1. The fourth-order valence-electron chi connectivity index (χ4n) is 3.23. The molecule has 2 heterocycles. The van der Waals surface area contributed by atoms with Gasteiger partial charge in [0.15, 0.2) is 5.78 Å². The minimum absolute atomic E-state index is 0.0573. The van der Waals surface area contributed by atoms with Crippen LogP contribution >= 0.6 is 23.5 Å². The second-order valence-electron chi connectivity index (χ2n) is 6.59. The summed E-state index contributed by atoms with van der Waals surface area (Å²) >= 11 is 3.92. The fraction of sp³-hybridized carbons (Fsp3) is 0.227. The zero-order valence-corrected chi connectivity index (χ0v) is 16.6. The van der Waals surface area contributed by atoms with Gasteiger partial charge in [-0.25, -0.2) is 0 Å². The Labute approximate surface area is 168 Å². The number of carbonyl (C=O) groups excluding carboxylic acids is 1. The molecule has 0 amide bonds. The lowest BCUT2D eigenvalue weighted by atomic mass is 10.0. The van der Waals surface area contributed by atoms with Crippen molar-refractivity contribution >= 4 is 35.0 Å². The average Bonchev–Trinajstić information content (AvgIpc) is 3.23. The van der Waals surface area contributed by atoms with E-state index in [9.17, 15) is 4.79 Å². The fourth-order valence-corrected chi connectivity index (χ4v) is 6.41. The van der Waals surface area contributed by atoms with E-state index in [0.717, 1.165) is 35.7 Å². The van der Waals surface area contributed by atoms with Crippen LogP contribution in [-0.2, 0) is 0 Å². The number of carbonyl (C=O) groups is 1. The second-order valence-corrected chi connectivity index (χ2v) is 9.44. The van der Waals surface area contributed by atoms with Gasteiger partial charge in [-0.05, 0) is 17.7 Å². The van der Waals surface area contributed by atoms with E-state index in [0.29, 0.717) is 9.83 Å². The molecule has 2 aromatic carbocycles. The average molecular weight is 395 g/mol. The zero-order chi connectivity index (χ0) is 18.6. The molecule has 5 heteroatoms. The van der Waals surface area contributed by atoms with Crippen molar-refractivity contribution in [3.63, 3.8) is 0 Å². The standard InChI is InChI=1S/C22H22N2OS2/c23-13-20-15-26-22(27-20)18-9-5-11-24(14-18)19-10-4-8-17(12-19)21(25)16-6-2-1-3-7-16/h1-10,12,14,20,22H,11,13,15,23H2. The Kier molecular flexibility index (Phi) is 5.72. The van der Waals surface area contributed by atoms with E-state index in [4.69, 9.17) is 5.73 Å². The van der Waals surface area contributed by atoms with Crippen LogP contribution in [0.4, 0.5) is 5.69 Å². The summed E-state index contributed by atoms with van der Waals surface area (Å²) in [6.45, 7) is 1.55. The highest BCUT2D eigenvalue weighted by atomic mass is 32.2. The van der Waals surface area contributed by atoms with E-state index in [2.05, 4.69) is 29.3 Å². The molecule has 0 bridgehead atoms. The van der Waals surface area contributed by atoms with Crippen molar-refractivity contribution in [2.45, 2.75) is 9.83 Å². The molecule has 2 atom stereocenters. The van der Waals surface area contributed by atoms with Gasteiger partial charge in [-0.1, -0.05) is 54.6 Å². The molecule has 0 aliphatic carbocycles. The summed E-state index contributed by atoms with van der Waals surface area (Å²) in [5.41, 5.74) is 9.62. The van der Waals surface area contributed by atoms with Gasteiger partial charge in [0, 0.05) is 47.1 Å². The van der Waals surface area contributed by atoms with Crippen LogP contribution in [-0.4, -0.2) is 34.5 Å². The molecule has 3 nitrogen and oxygen atoms in total. The molecule has 27 heavy (non-hydrogen) atoms. The summed E-state index contributed by atoms with van der Waals surface area (Å²) < 4.78 is 0.437. The maximum absolute atomic E-state index is 12.8. The Morgan fingerprint density at radius 2 is 1.93 bits per heavy atom. The number of hydrogen-bond acceptors (Lipinski definition) is 5. The molecule has 2 aromatic rings. The van der Waals surface area contributed by atoms with E-state index in [-0.39, 0.29) is 5.78 Å². The highest BCUT2D eigenvalue weighted by Gasteiger charge is 2.28. The lowest BCUT2D eigenvalue weighted by Gasteiger charge is -2.25. The lowest BCUT2D eigenvalue weighted by molar-refractivity contribution is 0.103. The maximum Gasteiger partial charge on any atom is 0.193 e. The molecule has 0 spiro atoms. The molecular formula is C22H22N2OS2. The Morgan fingerprint density at radius 1 is 1.11 bits per heavy atom. The minimum atomic E-state index is 0.0573. The predicted octanol–water partition coefficient (Wildman–Crippen LogP) is 4.31. The number of thioether (sulfide) groups is 2. The lowest BCUT2D eigenvalue weighted by Crippen LogP contribution is -2.21. The van der Waals surface area contributed by atoms with Crippen LogP contribution in [0.25, 0.3) is 0 Å². The van der Waals surface area contributed by atoms with Gasteiger partial charge in [0.2, 0.25) is 0 Å². The first-order valence-electron chi connectivity index (χ1n) is 9.06. The molecular weight excluding hydrogens is 372 g/mol. The van der Waals surface area contributed by atoms with Gasteiger partial charge < -0.3 is 10.6 Å². The summed E-state index contributed by atoms with van der Waals surface area (Å²) in [5.74, 6) is 1.17. The van der Waals surface area contributed by atoms with Crippen molar-refractivity contribution in [1.82, 2.24) is 0 Å². The van der Waals surface area contributed by atoms with Gasteiger partial charge in [-0.2, -0.15) is 0 Å². The quantitative estimate of drug-likeness (QED) is 0.766. The first-order chi connectivity index (χ1) is 13.2. The van der Waals surface area contributed by atoms with E-state index in [1.807, 2.05) is 72.1 Å². The molecule has 2 aliphatic heterocycles. The van der Waals surface area contributed by atoms with Gasteiger partial charge in [-0.15, -0.1) is 23.5 Å². The van der Waals surface area contributed by atoms with Crippen molar-refractivity contribution < 1.29 is 4.79 Å². The summed E-state index contributed by atoms with van der Waals surface area (Å²) in [6, 6.07) is 17.3. The third-order valence-corrected chi connectivity index (χ3v) is 8.06. The number of nitrogens with two attached hydrogens (primary N) is 1. The largest absolute Gasteiger partial charge is 0.344 e. The minimum Gasteiger partial charge on any atom is -0.344 e. The molecule has 4 rings (SSSR count). The monoisotopic (exact) mass is 394 g/mol. The second kappa shape index (κ2) is 8.38. The number of hydrogen-bond donors (Lipinski definition) is 1. The van der Waals surface area contributed by atoms with Crippen LogP contribution in [0.5, 0.6) is 0 Å². The number of rotatable bonds is 5. The summed E-state index contributed by atoms with van der Waals surface area (Å²) in [6.07, 6.45) is 6.63. The van der Waals surface area contributed by atoms with E-state index < -0.39 is 0 Å². The van der Waals surface area contributed by atoms with Gasteiger partial charge >= 0.3 is 0 Å². The Balaban J connectivity index is 1.55. The topological polar surface area (TPSA) is 46.3 Å². The maximum atomic E-state index is 12.8. The van der Waals surface area contributed by atoms with Gasteiger partial charge in [-0.3, -0.25) is 4.79 Å². The number of anilines is 1. The normalized spacial score (nSPS) is 22.0. The van der Waals surface area contributed by atoms with Crippen molar-refractivity contribution in [1.29, 1.82) is 0 Å². The van der Waals surface area contributed by atoms with Crippen LogP contribution in [0.3, 0.4) is 0 Å². The Bertz CT molecular complexity index is 879. The predicted molar refractivity (Wildman–Crippen MR) is 118 cm³/mol. The van der Waals surface area contributed by atoms with E-state index in [1.165, 1.54) is 5.57 Å². The summed E-state index contributed by atoms with van der Waals surface area (Å²) in [4.78, 5) is 15.0. The van der Waals surface area contributed by atoms with E-state index in [1.54, 1.807) is 0 Å². The highest BCUT2D eigenvalue weighted by Crippen LogP contribution is 2.42. The molecule has 2 unspecified atom stereocenters. The molecule has 0 aromatic heterocycles. The molecule has 0 saturated carbocycles. The first kappa shape index (κ1) is 18.4. The summed E-state index contributed by atoms with van der Waals surface area (Å²) in [5, 5.41) is 0.538. The molecule has 2 aliphatic rings. The third-order valence-electron chi connectivity index (χ3n) is 4.68. The summed E-state index contributed by atoms with van der Waals surface area (Å²) in [7, 11) is 0. The van der Waals surface area contributed by atoms with Gasteiger partial charge in [0.05, 0.1) is 4.58 Å². The highest BCUT2D eigenvalue weighted by molar-refractivity contribution is 8.20. The zero-order valence-electron chi connectivity index (χ0n) is 15.0. The van der Waals surface area contributed by atoms with Gasteiger partial charge in [0.25, 0.3) is 0 Å². The van der Waals surface area contributed by atoms with Crippen molar-refractivity contribution in [2.75, 3.05) is 23.7 Å². The van der Waals surface area contributed by atoms with Crippen molar-refractivity contribution in [2.24, 2.45) is 5.73 Å². The van der Waals surface area contributed by atoms with Crippen molar-refractivity contribution in [3.8, 4) is 0 Å². The van der Waals surface area contributed by atoms with Crippen LogP contribution in [0.2, 0.25) is 0 Å². The van der Waals surface area contributed by atoms with Crippen LogP contribution in [0.1, 0.15) is 15.9 Å². The van der Waals surface area contributed by atoms with Gasteiger partial charge in [0.1, 0.15) is 0 Å².